The van der Waals surface area contributed by atoms with Crippen LogP contribution in [0.3, 0.4) is 0 Å². The quantitative estimate of drug-likeness (QED) is 0.737. The van der Waals surface area contributed by atoms with Crippen molar-refractivity contribution in [2.45, 2.75) is 32.2 Å². The minimum atomic E-state index is -0.861. The molecule has 120 valence electrons. The highest BCUT2D eigenvalue weighted by Crippen LogP contribution is 2.14. The molecule has 22 heavy (non-hydrogen) atoms. The van der Waals surface area contributed by atoms with Gasteiger partial charge < -0.3 is 15.0 Å². The van der Waals surface area contributed by atoms with Gasteiger partial charge in [-0.05, 0) is 12.5 Å². The Morgan fingerprint density at radius 1 is 1.50 bits per heavy atom. The van der Waals surface area contributed by atoms with E-state index in [2.05, 4.69) is 20.3 Å². The van der Waals surface area contributed by atoms with Crippen LogP contribution in [0.5, 0.6) is 0 Å². The molecule has 8 heteroatoms. The SMILES string of the molecule is CCCc1cc(C(=O)N2CCNC(=O)C2CC(=O)OC)n[nH]1. The Hall–Kier alpha value is -2.38. The van der Waals surface area contributed by atoms with Crippen molar-refractivity contribution in [1.82, 2.24) is 20.4 Å². The fourth-order valence-corrected chi connectivity index (χ4v) is 2.42. The third-order valence-electron chi connectivity index (χ3n) is 3.55. The lowest BCUT2D eigenvalue weighted by molar-refractivity contribution is -0.145. The van der Waals surface area contributed by atoms with E-state index in [1.54, 1.807) is 6.07 Å². The molecule has 2 amide bonds. The van der Waals surface area contributed by atoms with Gasteiger partial charge in [0, 0.05) is 18.8 Å². The molecule has 0 aliphatic carbocycles. The zero-order chi connectivity index (χ0) is 16.1. The van der Waals surface area contributed by atoms with E-state index < -0.39 is 12.0 Å². The first-order chi connectivity index (χ1) is 10.6. The highest BCUT2D eigenvalue weighted by atomic mass is 16.5. The molecule has 0 saturated carbocycles. The van der Waals surface area contributed by atoms with Gasteiger partial charge in [0.25, 0.3) is 5.91 Å². The average molecular weight is 308 g/mol. The maximum Gasteiger partial charge on any atom is 0.308 e. The van der Waals surface area contributed by atoms with Crippen molar-refractivity contribution in [2.75, 3.05) is 20.2 Å². The normalized spacial score (nSPS) is 18.0. The van der Waals surface area contributed by atoms with Crippen LogP contribution in [0.4, 0.5) is 0 Å². The molecule has 1 saturated heterocycles. The molecule has 2 N–H and O–H groups in total. The van der Waals surface area contributed by atoms with Crippen LogP contribution in [-0.2, 0) is 20.7 Å². The van der Waals surface area contributed by atoms with Gasteiger partial charge in [0.05, 0.1) is 13.5 Å². The van der Waals surface area contributed by atoms with Gasteiger partial charge in [-0.3, -0.25) is 19.5 Å². The standard InChI is InChI=1S/C14H20N4O4/c1-3-4-9-7-10(17-16-9)14(21)18-6-5-15-13(20)11(18)8-12(19)22-2/h7,11H,3-6,8H2,1-2H3,(H,15,20)(H,16,17). The summed E-state index contributed by atoms with van der Waals surface area (Å²) in [5, 5.41) is 9.47. The van der Waals surface area contributed by atoms with Crippen LogP contribution in [0.15, 0.2) is 6.07 Å². The molecular formula is C14H20N4O4. The zero-order valence-corrected chi connectivity index (χ0v) is 12.7. The summed E-state index contributed by atoms with van der Waals surface area (Å²) in [6.45, 7) is 2.72. The van der Waals surface area contributed by atoms with E-state index in [1.807, 2.05) is 6.92 Å². The van der Waals surface area contributed by atoms with Crippen LogP contribution in [0, 0.1) is 0 Å². The summed E-state index contributed by atoms with van der Waals surface area (Å²) in [6, 6.07) is 0.827. The number of nitrogens with zero attached hydrogens (tertiary/aromatic N) is 2. The van der Waals surface area contributed by atoms with Crippen LogP contribution in [0.25, 0.3) is 0 Å². The highest BCUT2D eigenvalue weighted by molar-refractivity contribution is 5.98. The fraction of sp³-hybridized carbons (Fsp3) is 0.571. The van der Waals surface area contributed by atoms with Gasteiger partial charge in [-0.15, -0.1) is 0 Å². The zero-order valence-electron chi connectivity index (χ0n) is 12.7. The largest absolute Gasteiger partial charge is 0.469 e. The minimum absolute atomic E-state index is 0.166. The first-order valence-corrected chi connectivity index (χ1v) is 7.26. The topological polar surface area (TPSA) is 104 Å². The number of methoxy groups -OCH3 is 1. The summed E-state index contributed by atoms with van der Waals surface area (Å²) in [4.78, 5) is 37.3. The summed E-state index contributed by atoms with van der Waals surface area (Å²) in [5.74, 6) is -1.25. The van der Waals surface area contributed by atoms with E-state index in [0.29, 0.717) is 13.1 Å². The van der Waals surface area contributed by atoms with Crippen molar-refractivity contribution in [2.24, 2.45) is 0 Å². The van der Waals surface area contributed by atoms with Crippen LogP contribution in [-0.4, -0.2) is 59.1 Å². The van der Waals surface area contributed by atoms with Gasteiger partial charge in [-0.25, -0.2) is 0 Å². The number of carbonyl (C=O) groups is 3. The third kappa shape index (κ3) is 3.44. The number of ether oxygens (including phenoxy) is 1. The molecule has 0 aromatic carbocycles. The van der Waals surface area contributed by atoms with Gasteiger partial charge in [-0.2, -0.15) is 5.10 Å². The second-order valence-corrected chi connectivity index (χ2v) is 5.11. The molecule has 8 nitrogen and oxygen atoms in total. The van der Waals surface area contributed by atoms with Crippen molar-refractivity contribution >= 4 is 17.8 Å². The predicted octanol–water partition coefficient (Wildman–Crippen LogP) is -0.134. The average Bonchev–Trinajstić information content (AvgIpc) is 2.97. The van der Waals surface area contributed by atoms with Crippen molar-refractivity contribution in [1.29, 1.82) is 0 Å². The molecule has 0 spiro atoms. The first-order valence-electron chi connectivity index (χ1n) is 7.26. The molecular weight excluding hydrogens is 288 g/mol. The number of nitrogens with one attached hydrogen (secondary N) is 2. The number of esters is 1. The number of hydrogen-bond acceptors (Lipinski definition) is 5. The number of hydrogen-bond donors (Lipinski definition) is 2. The van der Waals surface area contributed by atoms with Crippen LogP contribution < -0.4 is 5.32 Å². The monoisotopic (exact) mass is 308 g/mol. The van der Waals surface area contributed by atoms with E-state index in [0.717, 1.165) is 18.5 Å². The van der Waals surface area contributed by atoms with Gasteiger partial charge in [0.1, 0.15) is 11.7 Å². The van der Waals surface area contributed by atoms with Gasteiger partial charge in [0.15, 0.2) is 0 Å². The van der Waals surface area contributed by atoms with Gasteiger partial charge >= 0.3 is 5.97 Å². The van der Waals surface area contributed by atoms with Crippen molar-refractivity contribution in [3.05, 3.63) is 17.5 Å². The van der Waals surface area contributed by atoms with Crippen LogP contribution in [0.1, 0.15) is 35.9 Å². The maximum absolute atomic E-state index is 12.6. The minimum Gasteiger partial charge on any atom is -0.469 e. The number of aromatic amines is 1. The second-order valence-electron chi connectivity index (χ2n) is 5.11. The molecule has 1 unspecified atom stereocenters. The Kier molecular flexibility index (Phi) is 5.13. The molecule has 1 atom stereocenters. The second kappa shape index (κ2) is 7.06. The van der Waals surface area contributed by atoms with Gasteiger partial charge in [0.2, 0.25) is 5.91 Å². The molecule has 1 fully saturated rings. The lowest BCUT2D eigenvalue weighted by atomic mass is 10.1. The number of aromatic nitrogens is 2. The van der Waals surface area contributed by atoms with Crippen LogP contribution in [0.2, 0.25) is 0 Å². The maximum atomic E-state index is 12.6. The van der Waals surface area contributed by atoms with E-state index >= 15 is 0 Å². The van der Waals surface area contributed by atoms with Gasteiger partial charge in [-0.1, -0.05) is 13.3 Å². The summed E-state index contributed by atoms with van der Waals surface area (Å²) >= 11 is 0. The molecule has 1 aromatic heterocycles. The summed E-state index contributed by atoms with van der Waals surface area (Å²) in [5.41, 5.74) is 1.13. The first kappa shape index (κ1) is 16.0. The number of amides is 2. The molecule has 2 heterocycles. The molecule has 1 aromatic rings. The Morgan fingerprint density at radius 3 is 2.95 bits per heavy atom. The van der Waals surface area contributed by atoms with E-state index in [1.165, 1.54) is 12.0 Å². The summed E-state index contributed by atoms with van der Waals surface area (Å²) in [6.07, 6.45) is 1.57. The van der Waals surface area contributed by atoms with Crippen molar-refractivity contribution < 1.29 is 19.1 Å². The number of aryl methyl sites for hydroxylation is 1. The third-order valence-corrected chi connectivity index (χ3v) is 3.55. The Morgan fingerprint density at radius 2 is 2.27 bits per heavy atom. The Labute approximate surface area is 128 Å². The smallest absolute Gasteiger partial charge is 0.308 e. The lowest BCUT2D eigenvalue weighted by Gasteiger charge is -2.33. The summed E-state index contributed by atoms with van der Waals surface area (Å²) < 4.78 is 4.59. The van der Waals surface area contributed by atoms with E-state index in [-0.39, 0.29) is 23.9 Å². The molecule has 1 aliphatic rings. The number of H-pyrrole nitrogens is 1. The molecule has 1 aliphatic heterocycles. The molecule has 2 rings (SSSR count). The highest BCUT2D eigenvalue weighted by Gasteiger charge is 2.36. The molecule has 0 radical (unpaired) electrons. The number of piperazine rings is 1. The van der Waals surface area contributed by atoms with Crippen molar-refractivity contribution in [3.8, 4) is 0 Å². The lowest BCUT2D eigenvalue weighted by Crippen LogP contribution is -2.57. The predicted molar refractivity (Wildman–Crippen MR) is 77.0 cm³/mol. The number of rotatable bonds is 5. The fourth-order valence-electron chi connectivity index (χ4n) is 2.42. The molecule has 0 bridgehead atoms. The Balaban J connectivity index is 2.16. The van der Waals surface area contributed by atoms with Crippen LogP contribution >= 0.6 is 0 Å². The van der Waals surface area contributed by atoms with E-state index in [9.17, 15) is 14.4 Å². The Bertz CT molecular complexity index is 569. The number of carbonyl (C=O) groups excluding carboxylic acids is 3. The van der Waals surface area contributed by atoms with E-state index in [4.69, 9.17) is 0 Å². The van der Waals surface area contributed by atoms with Crippen molar-refractivity contribution in [3.63, 3.8) is 0 Å². The summed E-state index contributed by atoms with van der Waals surface area (Å²) in [7, 11) is 1.25.